The van der Waals surface area contributed by atoms with Gasteiger partial charge in [0.25, 0.3) is 5.69 Å². The summed E-state index contributed by atoms with van der Waals surface area (Å²) in [5.41, 5.74) is -0.774. The summed E-state index contributed by atoms with van der Waals surface area (Å²) in [5, 5.41) is 10.3. The molecule has 0 aliphatic rings. The number of nitro groups is 1. The topological polar surface area (TPSA) is 100 Å². The van der Waals surface area contributed by atoms with E-state index in [1.54, 1.807) is 0 Å². The van der Waals surface area contributed by atoms with Crippen molar-refractivity contribution in [2.45, 2.75) is 4.90 Å². The molecule has 76 valence electrons. The molecule has 0 heterocycles. The van der Waals surface area contributed by atoms with Crippen molar-refractivity contribution in [2.75, 3.05) is 0 Å². The van der Waals surface area contributed by atoms with Gasteiger partial charge in [-0.25, -0.2) is 8.42 Å². The molecule has 9 heteroatoms. The van der Waals surface area contributed by atoms with Crippen LogP contribution >= 0.6 is 11.6 Å². The number of benzene rings is 1. The fourth-order valence-electron chi connectivity index (χ4n) is 0.839. The minimum Gasteiger partial charge on any atom is -0.744 e. The molecule has 0 aliphatic heterocycles. The Morgan fingerprint density at radius 2 is 1.87 bits per heavy atom. The van der Waals surface area contributed by atoms with Crippen LogP contribution in [0, 0.1) is 10.1 Å². The third kappa shape index (κ3) is 4.08. The molecule has 0 unspecified atom stereocenters. The summed E-state index contributed by atoms with van der Waals surface area (Å²) >= 11 is 5.40. The third-order valence-corrected chi connectivity index (χ3v) is 2.49. The number of halogens is 1. The average Bonchev–Trinajstić information content (AvgIpc) is 2.01. The van der Waals surface area contributed by atoms with Crippen molar-refractivity contribution in [1.82, 2.24) is 0 Å². The summed E-state index contributed by atoms with van der Waals surface area (Å²) in [6.45, 7) is 0. The number of rotatable bonds is 2. The molecule has 0 spiro atoms. The molecule has 0 atom stereocenters. The summed E-state index contributed by atoms with van der Waals surface area (Å²) in [5.74, 6) is 0. The van der Waals surface area contributed by atoms with E-state index >= 15 is 0 Å². The second-order valence-corrected chi connectivity index (χ2v) is 4.11. The molecular weight excluding hydrogens is 273 g/mol. The van der Waals surface area contributed by atoms with Crippen molar-refractivity contribution in [3.05, 3.63) is 33.3 Å². The van der Waals surface area contributed by atoms with Gasteiger partial charge in [-0.3, -0.25) is 10.1 Å². The van der Waals surface area contributed by atoms with Crippen LogP contribution in [0.3, 0.4) is 0 Å². The zero-order chi connectivity index (χ0) is 10.9. The Kier molecular flexibility index (Phi) is 5.86. The quantitative estimate of drug-likeness (QED) is 0.273. The number of nitro benzene ring substituents is 1. The van der Waals surface area contributed by atoms with Crippen LogP contribution in [0.5, 0.6) is 0 Å². The predicted molar refractivity (Wildman–Crippen MR) is 46.1 cm³/mol. The Bertz CT molecular complexity index is 488. The number of hydrogen-bond acceptors (Lipinski definition) is 5. The normalized spacial score (nSPS) is 10.5. The molecule has 0 bridgehead atoms. The maximum Gasteiger partial charge on any atom is 1.00 e. The fraction of sp³-hybridized carbons (Fsp3) is 0. The van der Waals surface area contributed by atoms with Gasteiger partial charge in [0, 0.05) is 11.1 Å². The van der Waals surface area contributed by atoms with E-state index < -0.39 is 25.6 Å². The molecule has 1 aromatic carbocycles. The van der Waals surface area contributed by atoms with Crippen LogP contribution in [0.15, 0.2) is 23.1 Å². The molecule has 0 amide bonds. The van der Waals surface area contributed by atoms with Crippen LogP contribution in [-0.2, 0) is 10.1 Å². The van der Waals surface area contributed by atoms with Gasteiger partial charge in [0.1, 0.15) is 15.0 Å². The molecule has 0 saturated heterocycles. The standard InChI is InChI=1S/C6H4ClNO5S.K/c7-4-1-2-5(8(9)10)6(3-4)14(11,12)13;/h1-3H,(H,11,12,13);/q;+1/p-1. The monoisotopic (exact) mass is 275 g/mol. The largest absolute Gasteiger partial charge is 1.00 e. The summed E-state index contributed by atoms with van der Waals surface area (Å²) in [6.07, 6.45) is 0. The Balaban J connectivity index is 0.00000196. The SMILES string of the molecule is O=[N+]([O-])c1ccc(Cl)cc1S(=O)(=O)[O-].[K+]. The van der Waals surface area contributed by atoms with Crippen LogP contribution in [0.4, 0.5) is 5.69 Å². The second kappa shape index (κ2) is 5.69. The van der Waals surface area contributed by atoms with E-state index in [0.717, 1.165) is 18.2 Å². The van der Waals surface area contributed by atoms with Crippen LogP contribution in [-0.4, -0.2) is 17.9 Å². The van der Waals surface area contributed by atoms with E-state index in [0.29, 0.717) is 0 Å². The van der Waals surface area contributed by atoms with Crippen molar-refractivity contribution < 1.29 is 69.3 Å². The number of nitrogens with zero attached hydrogens (tertiary/aromatic N) is 1. The van der Waals surface area contributed by atoms with Crippen molar-refractivity contribution in [3.8, 4) is 0 Å². The number of hydrogen-bond donors (Lipinski definition) is 0. The molecule has 0 fully saturated rings. The Morgan fingerprint density at radius 3 is 2.27 bits per heavy atom. The molecule has 0 radical (unpaired) electrons. The molecule has 0 aromatic heterocycles. The first kappa shape index (κ1) is 15.5. The third-order valence-electron chi connectivity index (χ3n) is 1.39. The van der Waals surface area contributed by atoms with Gasteiger partial charge in [-0.2, -0.15) is 0 Å². The van der Waals surface area contributed by atoms with Crippen LogP contribution in [0.2, 0.25) is 5.02 Å². The molecule has 0 aliphatic carbocycles. The average molecular weight is 276 g/mol. The van der Waals surface area contributed by atoms with Gasteiger partial charge in [0.05, 0.1) is 4.92 Å². The van der Waals surface area contributed by atoms with Crippen molar-refractivity contribution in [1.29, 1.82) is 0 Å². The van der Waals surface area contributed by atoms with Gasteiger partial charge in [-0.15, -0.1) is 0 Å². The zero-order valence-electron chi connectivity index (χ0n) is 7.51. The van der Waals surface area contributed by atoms with Crippen molar-refractivity contribution in [3.63, 3.8) is 0 Å². The minimum atomic E-state index is -4.88. The predicted octanol–water partition coefficient (Wildman–Crippen LogP) is -1.84. The van der Waals surface area contributed by atoms with Crippen molar-refractivity contribution >= 4 is 27.4 Å². The molecule has 15 heavy (non-hydrogen) atoms. The van der Waals surface area contributed by atoms with Crippen LogP contribution in [0.1, 0.15) is 0 Å². The van der Waals surface area contributed by atoms with E-state index in [9.17, 15) is 23.1 Å². The summed E-state index contributed by atoms with van der Waals surface area (Å²) < 4.78 is 31.8. The van der Waals surface area contributed by atoms with E-state index in [1.165, 1.54) is 0 Å². The van der Waals surface area contributed by atoms with E-state index in [-0.39, 0.29) is 56.4 Å². The summed E-state index contributed by atoms with van der Waals surface area (Å²) in [7, 11) is -4.88. The van der Waals surface area contributed by atoms with Crippen LogP contribution in [0.25, 0.3) is 0 Å². The molecule has 1 rings (SSSR count). The fourth-order valence-corrected chi connectivity index (χ4v) is 1.75. The van der Waals surface area contributed by atoms with E-state index in [4.69, 9.17) is 11.6 Å². The van der Waals surface area contributed by atoms with Gasteiger partial charge < -0.3 is 4.55 Å². The molecule has 0 N–H and O–H groups in total. The Hall–Kier alpha value is 0.456. The van der Waals surface area contributed by atoms with Gasteiger partial charge in [-0.05, 0) is 12.1 Å². The first-order chi connectivity index (χ1) is 6.32. The van der Waals surface area contributed by atoms with Crippen molar-refractivity contribution in [2.24, 2.45) is 0 Å². The van der Waals surface area contributed by atoms with Gasteiger partial charge in [0.15, 0.2) is 0 Å². The Morgan fingerprint density at radius 1 is 1.33 bits per heavy atom. The molecule has 1 aromatic rings. The minimum absolute atomic E-state index is 0. The first-order valence-corrected chi connectivity index (χ1v) is 5.01. The van der Waals surface area contributed by atoms with Crippen LogP contribution < -0.4 is 51.4 Å². The van der Waals surface area contributed by atoms with Gasteiger partial charge in [-0.1, -0.05) is 11.6 Å². The van der Waals surface area contributed by atoms with Gasteiger partial charge >= 0.3 is 51.4 Å². The maximum absolute atomic E-state index is 10.6. The maximum atomic E-state index is 10.6. The molecular formula is C6H3ClKNO5S. The zero-order valence-corrected chi connectivity index (χ0v) is 12.2. The second-order valence-electron chi connectivity index (χ2n) is 2.32. The van der Waals surface area contributed by atoms with E-state index in [1.807, 2.05) is 0 Å². The first-order valence-electron chi connectivity index (χ1n) is 3.22. The summed E-state index contributed by atoms with van der Waals surface area (Å²) in [4.78, 5) is 8.46. The Labute approximate surface area is 133 Å². The molecule has 6 nitrogen and oxygen atoms in total. The molecule has 0 saturated carbocycles. The van der Waals surface area contributed by atoms with E-state index in [2.05, 4.69) is 0 Å². The summed E-state index contributed by atoms with van der Waals surface area (Å²) in [6, 6.07) is 2.75. The smallest absolute Gasteiger partial charge is 0.744 e. The van der Waals surface area contributed by atoms with Gasteiger partial charge in [0.2, 0.25) is 0 Å².